The molecule has 21 rings (SSSR count). The van der Waals surface area contributed by atoms with Gasteiger partial charge in [-0.3, -0.25) is 19.9 Å². The molecule has 0 unspecified atom stereocenters. The smallest absolute Gasteiger partial charge is 0.264 e. The second-order valence-electron chi connectivity index (χ2n) is 31.0. The summed E-state index contributed by atoms with van der Waals surface area (Å²) < 4.78 is 90.3. The predicted molar refractivity (Wildman–Crippen MR) is 457 cm³/mol. The number of aromatic nitrogens is 12. The van der Waals surface area contributed by atoms with Crippen LogP contribution in [-0.4, -0.2) is 38.2 Å². The SMILES string of the molecule is Cc1cc2oc3c(-[n+]4c(C)n(-c5ccccc5)c5ccccc54)c(C)ccc3c2cn1.Cc1cc2oc3c(-[n+]4ccn(-c5ccccc5)c4C)c(C)ccc3c2cn1.[2H]C([2H])([2H])[n+]1c(C)n(-c2c(C)ccc3c2oc2cc(C)ncc23)c2ccccc21.[2H]C([2H])([2H])n1c(C)[n+](-c2c(C)ccc3c2oc2cc(C)ncc23)c2ccc(C(C)(C)C)cc21. The third kappa shape index (κ3) is 11.9. The van der Waals surface area contributed by atoms with Crippen LogP contribution in [0.25, 0.3) is 155 Å². The van der Waals surface area contributed by atoms with E-state index in [2.05, 4.69) is 208 Å². The van der Waals surface area contributed by atoms with Crippen LogP contribution in [0.1, 0.15) is 103 Å². The molecular weight excluding hydrogens is 1410 g/mol. The Kier molecular flexibility index (Phi) is 15.8. The van der Waals surface area contributed by atoms with Crippen molar-refractivity contribution in [2.45, 2.75) is 109 Å². The summed E-state index contributed by atoms with van der Waals surface area (Å²) in [5, 5.41) is 8.11. The van der Waals surface area contributed by atoms with E-state index >= 15 is 0 Å². The predicted octanol–water partition coefficient (Wildman–Crippen LogP) is 21.7. The lowest BCUT2D eigenvalue weighted by atomic mass is 9.87. The van der Waals surface area contributed by atoms with Crippen LogP contribution in [0.4, 0.5) is 0 Å². The number of aryl methyl sites for hydroxylation is 10. The van der Waals surface area contributed by atoms with Crippen LogP contribution in [0.3, 0.4) is 0 Å². The highest BCUT2D eigenvalue weighted by atomic mass is 16.3. The van der Waals surface area contributed by atoms with Crippen LogP contribution in [0.2, 0.25) is 0 Å². The van der Waals surface area contributed by atoms with Crippen LogP contribution in [0, 0.1) is 83.1 Å². The molecule has 0 saturated carbocycles. The van der Waals surface area contributed by atoms with E-state index < -0.39 is 14.0 Å². The Morgan fingerprint density at radius 2 is 0.781 bits per heavy atom. The number of rotatable bonds is 6. The zero-order valence-electron chi connectivity index (χ0n) is 72.5. The number of hydrogen-bond acceptors (Lipinski definition) is 8. The van der Waals surface area contributed by atoms with Gasteiger partial charge in [-0.1, -0.05) is 112 Å². The fraction of sp³-hybridized carbons (Fsp3) is 0.184. The summed E-state index contributed by atoms with van der Waals surface area (Å²) >= 11 is 0. The number of benzene rings is 9. The van der Waals surface area contributed by atoms with Gasteiger partial charge in [0, 0.05) is 165 Å². The van der Waals surface area contributed by atoms with E-state index in [4.69, 9.17) is 25.9 Å². The molecule has 9 aromatic carbocycles. The third-order valence-electron chi connectivity index (χ3n) is 22.4. The van der Waals surface area contributed by atoms with E-state index in [1.54, 1.807) is 0 Å². The lowest BCUT2D eigenvalue weighted by Gasteiger charge is -2.18. The fourth-order valence-electron chi connectivity index (χ4n) is 16.5. The van der Waals surface area contributed by atoms with Crippen molar-refractivity contribution in [3.63, 3.8) is 0 Å². The van der Waals surface area contributed by atoms with Gasteiger partial charge in [-0.05, 0) is 151 Å². The standard InChI is InChI=1S/C27H22N3O.C26H28N3O.C23H20N3O.C22H20N3O/c1-17-13-14-21-22-16-28-18(2)15-25(22)31-27(21)26(17)30-19(3)29(20-9-5-4-6-10-20)23-11-7-8-12-24(23)30;1-15-8-10-19-20-14-27-16(2)12-23(20)30-25(19)24(15)29-17(3)28(7)22-13-18(26(4,5)6)9-11-21(22)29;1-15-9-10-19-20-14-24-16(2)13-21(20)27-23(19)22(15)26-12-11-25(17(26)3)18-7-5-4-6-8-18;1-13-9-10-16-17-12-23-14(2)11-20(17)26-22(16)21(13)25-15(3)24(4)18-7-5-6-8-19(18)25/h4-16H,1-3H3;8-14H,1-7H3;4-14H,1-3H3;5-12H,1-4H3/q4*+1/i;7D3;;4D3. The van der Waals surface area contributed by atoms with Gasteiger partial charge < -0.3 is 17.7 Å². The minimum atomic E-state index is -2.32. The maximum Gasteiger partial charge on any atom is 0.264 e. The van der Waals surface area contributed by atoms with E-state index in [9.17, 15) is 0 Å². The lowest BCUT2D eigenvalue weighted by molar-refractivity contribution is -0.652. The Morgan fingerprint density at radius 1 is 0.360 bits per heavy atom. The highest BCUT2D eigenvalue weighted by molar-refractivity contribution is 6.10. The molecule has 0 fully saturated rings. The van der Waals surface area contributed by atoms with E-state index in [0.29, 0.717) is 22.7 Å². The molecule has 114 heavy (non-hydrogen) atoms. The Hall–Kier alpha value is -13.6. The van der Waals surface area contributed by atoms with E-state index in [0.717, 1.165) is 195 Å². The Bertz CT molecular complexity index is 7710. The second-order valence-corrected chi connectivity index (χ2v) is 31.0. The van der Waals surface area contributed by atoms with Gasteiger partial charge in [0.25, 0.3) is 23.3 Å². The number of pyridine rings is 4. The summed E-state index contributed by atoms with van der Waals surface area (Å²) in [6, 6.07) is 67.7. The van der Waals surface area contributed by atoms with Crippen LogP contribution in [0.15, 0.2) is 255 Å². The monoisotopic (exact) mass is 1500 g/mol. The Balaban J connectivity index is 0.000000110. The number of hydrogen-bond donors (Lipinski definition) is 0. The van der Waals surface area contributed by atoms with Gasteiger partial charge in [0.1, 0.15) is 46.1 Å². The minimum absolute atomic E-state index is 0.101. The zero-order valence-corrected chi connectivity index (χ0v) is 66.5. The van der Waals surface area contributed by atoms with Crippen molar-refractivity contribution in [1.82, 2.24) is 38.2 Å². The quantitative estimate of drug-likeness (QED) is 0.150. The molecule has 12 heterocycles. The first kappa shape index (κ1) is 65.1. The van der Waals surface area contributed by atoms with Crippen LogP contribution in [0.5, 0.6) is 0 Å². The Labute approximate surface area is 668 Å². The molecule has 0 aliphatic carbocycles. The highest BCUT2D eigenvalue weighted by Gasteiger charge is 2.33. The number of fused-ring (bicyclic) bond motifs is 15. The van der Waals surface area contributed by atoms with Gasteiger partial charge in [0.05, 0.1) is 22.2 Å². The molecule has 0 saturated heterocycles. The Morgan fingerprint density at radius 3 is 1.28 bits per heavy atom. The summed E-state index contributed by atoms with van der Waals surface area (Å²) in [5.74, 6) is 3.49. The fourth-order valence-corrected chi connectivity index (χ4v) is 16.5. The molecular formula is C98H90N12O4+4. The maximum atomic E-state index is 8.28. The minimum Gasteiger partial charge on any atom is -0.451 e. The van der Waals surface area contributed by atoms with Crippen molar-refractivity contribution >= 4 is 121 Å². The van der Waals surface area contributed by atoms with Gasteiger partial charge in [0.2, 0.25) is 0 Å². The van der Waals surface area contributed by atoms with Crippen molar-refractivity contribution in [2.75, 3.05) is 0 Å². The molecule has 0 bridgehead atoms. The van der Waals surface area contributed by atoms with Crippen molar-refractivity contribution in [3.8, 4) is 34.1 Å². The zero-order chi connectivity index (χ0) is 84.0. The third-order valence-corrected chi connectivity index (χ3v) is 22.4. The van der Waals surface area contributed by atoms with Crippen LogP contribution >= 0.6 is 0 Å². The van der Waals surface area contributed by atoms with Crippen molar-refractivity contribution in [2.24, 2.45) is 14.0 Å². The van der Waals surface area contributed by atoms with Gasteiger partial charge >= 0.3 is 0 Å². The van der Waals surface area contributed by atoms with Gasteiger partial charge in [-0.2, -0.15) is 27.4 Å². The average molecular weight is 1510 g/mol. The van der Waals surface area contributed by atoms with Gasteiger partial charge in [-0.25, -0.2) is 9.13 Å². The first-order valence-electron chi connectivity index (χ1n) is 41.4. The van der Waals surface area contributed by atoms with Crippen molar-refractivity contribution in [1.29, 1.82) is 0 Å². The summed E-state index contributed by atoms with van der Waals surface area (Å²) in [4.78, 5) is 17.8. The molecule has 562 valence electrons. The molecule has 21 aromatic rings. The molecule has 12 aromatic heterocycles. The molecule has 0 radical (unpaired) electrons. The molecule has 0 N–H and O–H groups in total. The molecule has 16 nitrogen and oxygen atoms in total. The normalized spacial score (nSPS) is 12.9. The first-order chi connectivity index (χ1) is 57.4. The summed E-state index contributed by atoms with van der Waals surface area (Å²) in [6.07, 6.45) is 11.7. The lowest BCUT2D eigenvalue weighted by Crippen LogP contribution is -2.34. The number of nitrogens with zero attached hydrogens (tertiary/aromatic N) is 12. The largest absolute Gasteiger partial charge is 0.451 e. The molecule has 0 amide bonds. The van der Waals surface area contributed by atoms with Crippen molar-refractivity contribution in [3.05, 3.63) is 311 Å². The van der Waals surface area contributed by atoms with E-state index in [-0.39, 0.29) is 5.41 Å². The van der Waals surface area contributed by atoms with Crippen LogP contribution < -0.4 is 18.3 Å². The molecule has 0 aliphatic rings. The van der Waals surface area contributed by atoms with Gasteiger partial charge in [-0.15, -0.1) is 0 Å². The number of imidazole rings is 4. The molecule has 16 heteroatoms. The average Bonchev–Trinajstić information content (AvgIpc) is 1.57. The van der Waals surface area contributed by atoms with E-state index in [1.165, 1.54) is 20.3 Å². The first-order valence-corrected chi connectivity index (χ1v) is 38.4. The summed E-state index contributed by atoms with van der Waals surface area (Å²) in [6.45, 7) is 25.9. The number of para-hydroxylation sites is 6. The second kappa shape index (κ2) is 27.7. The summed E-state index contributed by atoms with van der Waals surface area (Å²) in [7, 11) is 0. The molecule has 0 spiro atoms. The van der Waals surface area contributed by atoms with Crippen molar-refractivity contribution < 1.29 is 44.2 Å². The van der Waals surface area contributed by atoms with Crippen LogP contribution in [-0.2, 0) is 19.4 Å². The van der Waals surface area contributed by atoms with Gasteiger partial charge in [0.15, 0.2) is 78.2 Å². The molecule has 0 atom stereocenters. The number of furan rings is 4. The van der Waals surface area contributed by atoms with E-state index in [1.807, 2.05) is 180 Å². The topological polar surface area (TPSA) is 139 Å². The highest BCUT2D eigenvalue weighted by Crippen LogP contribution is 2.40. The maximum absolute atomic E-state index is 8.28. The summed E-state index contributed by atoms with van der Waals surface area (Å²) in [5.41, 5.74) is 27.0. The molecule has 0 aliphatic heterocycles.